The van der Waals surface area contributed by atoms with Crippen molar-refractivity contribution in [3.8, 4) is 0 Å². The lowest BCUT2D eigenvalue weighted by Gasteiger charge is -2.32. The molecule has 2 aliphatic rings. The van der Waals surface area contributed by atoms with Crippen molar-refractivity contribution >= 4 is 59.1 Å². The quantitative estimate of drug-likeness (QED) is 0.0345. The van der Waals surface area contributed by atoms with Crippen molar-refractivity contribution in [2.75, 3.05) is 104 Å². The van der Waals surface area contributed by atoms with Crippen LogP contribution < -0.4 is 44.2 Å². The Morgan fingerprint density at radius 3 is 1.47 bits per heavy atom. The van der Waals surface area contributed by atoms with E-state index in [4.69, 9.17) is 22.9 Å². The first-order valence-corrected chi connectivity index (χ1v) is 29.8. The molecule has 2 saturated heterocycles. The van der Waals surface area contributed by atoms with E-state index < -0.39 is 11.8 Å². The van der Waals surface area contributed by atoms with E-state index in [1.54, 1.807) is 9.80 Å². The van der Waals surface area contributed by atoms with Gasteiger partial charge >= 0.3 is 6.03 Å². The molecule has 21 nitrogen and oxygen atoms in total. The van der Waals surface area contributed by atoms with Gasteiger partial charge in [-0.3, -0.25) is 33.6 Å². The van der Waals surface area contributed by atoms with E-state index in [2.05, 4.69) is 21.3 Å². The van der Waals surface area contributed by atoms with Crippen LogP contribution in [0.3, 0.4) is 0 Å². The number of rotatable bonds is 44. The highest BCUT2D eigenvalue weighted by Crippen LogP contribution is 2.33. The number of hydrogen-bond acceptors (Lipinski definition) is 13. The molecular weight excluding hydrogens is 1000 g/mol. The second-order valence-corrected chi connectivity index (χ2v) is 21.6. The van der Waals surface area contributed by atoms with Crippen molar-refractivity contribution < 1.29 is 38.4 Å². The zero-order chi connectivity index (χ0) is 56.0. The highest BCUT2D eigenvalue weighted by molar-refractivity contribution is 8.00. The number of nitrogens with zero attached hydrogens (tertiary/aromatic N) is 5. The van der Waals surface area contributed by atoms with Crippen molar-refractivity contribution in [3.63, 3.8) is 0 Å². The molecule has 0 aliphatic carbocycles. The van der Waals surface area contributed by atoms with Crippen molar-refractivity contribution in [3.05, 3.63) is 35.9 Å². The van der Waals surface area contributed by atoms with Gasteiger partial charge in [0.15, 0.2) is 0 Å². The van der Waals surface area contributed by atoms with Gasteiger partial charge in [-0.25, -0.2) is 4.79 Å². The molecule has 2 aliphatic heterocycles. The number of urea groups is 1. The SMILES string of the molecule is CCN(CCCCN)C(=O)CN(Cc1ccccc1)C(=O)CN(CCCCN)C(=O)CN(CCCCN)C(=O)CN(CCCCN)C(=O)CCCCCNC(=O)CCCCCNC(=O)CCCCC1SC[C@@H]2NC(=O)N[C@H]12. The van der Waals surface area contributed by atoms with Gasteiger partial charge in [-0.05, 0) is 129 Å². The van der Waals surface area contributed by atoms with Gasteiger partial charge in [0.25, 0.3) is 0 Å². The monoisotopic (exact) mass is 1100 g/mol. The van der Waals surface area contributed by atoms with Gasteiger partial charge in [0.1, 0.15) is 6.54 Å². The molecule has 0 saturated carbocycles. The van der Waals surface area contributed by atoms with Gasteiger partial charge in [-0.2, -0.15) is 11.8 Å². The summed E-state index contributed by atoms with van der Waals surface area (Å²) in [6.07, 6.45) is 13.2. The second kappa shape index (κ2) is 40.2. The zero-order valence-electron chi connectivity index (χ0n) is 46.5. The summed E-state index contributed by atoms with van der Waals surface area (Å²) in [5, 5.41) is 12.3. The smallest absolute Gasteiger partial charge is 0.315 e. The van der Waals surface area contributed by atoms with Crippen LogP contribution in [0.2, 0.25) is 0 Å². The number of amides is 9. The van der Waals surface area contributed by atoms with Crippen LogP contribution in [0.4, 0.5) is 4.79 Å². The molecule has 3 atom stereocenters. The number of hydrogen-bond donors (Lipinski definition) is 8. The minimum Gasteiger partial charge on any atom is -0.356 e. The van der Waals surface area contributed by atoms with E-state index >= 15 is 0 Å². The number of likely N-dealkylation sites (N-methyl/N-ethyl adjacent to an activating group) is 1. The fourth-order valence-electron chi connectivity index (χ4n) is 9.44. The van der Waals surface area contributed by atoms with E-state index in [0.29, 0.717) is 135 Å². The van der Waals surface area contributed by atoms with Gasteiger partial charge in [0.05, 0.1) is 31.7 Å². The molecule has 2 heterocycles. The van der Waals surface area contributed by atoms with Crippen LogP contribution >= 0.6 is 11.8 Å². The predicted octanol–water partition coefficient (Wildman–Crippen LogP) is 2.38. The number of nitrogens with two attached hydrogens (primary N) is 4. The molecule has 1 unspecified atom stereocenters. The fourth-order valence-corrected chi connectivity index (χ4v) is 11.0. The van der Waals surface area contributed by atoms with Crippen molar-refractivity contribution in [1.82, 2.24) is 45.8 Å². The third-order valence-corrected chi connectivity index (χ3v) is 15.6. The maximum absolute atomic E-state index is 14.3. The lowest BCUT2D eigenvalue weighted by Crippen LogP contribution is -2.51. The number of carbonyl (C=O) groups is 8. The Bertz CT molecular complexity index is 1900. The molecular formula is C55H97N13O8S. The number of benzene rings is 1. The third kappa shape index (κ3) is 27.4. The number of fused-ring (bicyclic) bond motifs is 1. The summed E-state index contributed by atoms with van der Waals surface area (Å²) in [6, 6.07) is 9.69. The summed E-state index contributed by atoms with van der Waals surface area (Å²) in [5.41, 5.74) is 24.0. The molecule has 1 aromatic rings. The van der Waals surface area contributed by atoms with Gasteiger partial charge in [0, 0.05) is 82.6 Å². The van der Waals surface area contributed by atoms with Crippen molar-refractivity contribution in [1.29, 1.82) is 0 Å². The highest BCUT2D eigenvalue weighted by atomic mass is 32.2. The van der Waals surface area contributed by atoms with Gasteiger partial charge in [0.2, 0.25) is 41.4 Å². The van der Waals surface area contributed by atoms with Crippen LogP contribution in [0.25, 0.3) is 0 Å². The molecule has 22 heteroatoms. The Morgan fingerprint density at radius 2 is 0.961 bits per heavy atom. The van der Waals surface area contributed by atoms with Crippen LogP contribution in [0.1, 0.15) is 141 Å². The summed E-state index contributed by atoms with van der Waals surface area (Å²) >= 11 is 1.88. The number of nitrogens with one attached hydrogen (secondary N) is 4. The van der Waals surface area contributed by atoms with Gasteiger partial charge in [-0.1, -0.05) is 49.6 Å². The standard InChI is InChI=1S/C55H97N13O8S/c1-2-64(34-18-12-28-56)50(72)42-68(38-44-22-6-3-7-23-44)53(75)41-67(37-21-15-31-59)52(74)40-66(36-20-14-30-58)51(73)39-65(35-19-13-29-57)49(71)27-9-5-17-33-60-47(69)25-8-4-16-32-61-48(70)26-11-10-24-46-54-45(43-77-46)62-55(76)63-54/h3,6-7,22-23,45-46,54H,2,4-5,8-21,24-43,56-59H2,1H3,(H,60,69)(H,61,70)(H2,62,63,76)/t45-,46?,54-/m0/s1. The maximum atomic E-state index is 14.3. The molecule has 0 spiro atoms. The molecule has 2 fully saturated rings. The Hall–Kier alpha value is -5.03. The Labute approximate surface area is 463 Å². The highest BCUT2D eigenvalue weighted by Gasteiger charge is 2.42. The average Bonchev–Trinajstić information content (AvgIpc) is 3.98. The number of thioether (sulfide) groups is 1. The van der Waals surface area contributed by atoms with Crippen LogP contribution in [0.15, 0.2) is 30.3 Å². The van der Waals surface area contributed by atoms with Gasteiger partial charge in [-0.15, -0.1) is 0 Å². The molecule has 0 radical (unpaired) electrons. The summed E-state index contributed by atoms with van der Waals surface area (Å²) in [7, 11) is 0. The molecule has 0 bridgehead atoms. The summed E-state index contributed by atoms with van der Waals surface area (Å²) in [5.74, 6) is -0.642. The lowest BCUT2D eigenvalue weighted by atomic mass is 10.0. The summed E-state index contributed by atoms with van der Waals surface area (Å²) < 4.78 is 0. The number of unbranched alkanes of at least 4 members (excludes halogenated alkanes) is 9. The van der Waals surface area contributed by atoms with E-state index in [1.165, 1.54) is 14.7 Å². The first-order valence-electron chi connectivity index (χ1n) is 28.8. The predicted molar refractivity (Wildman–Crippen MR) is 304 cm³/mol. The lowest BCUT2D eigenvalue weighted by molar-refractivity contribution is -0.147. The van der Waals surface area contributed by atoms with Crippen LogP contribution in [0.5, 0.6) is 0 Å². The molecule has 0 aromatic heterocycles. The van der Waals surface area contributed by atoms with Crippen LogP contribution in [-0.2, 0) is 40.1 Å². The molecule has 77 heavy (non-hydrogen) atoms. The Morgan fingerprint density at radius 1 is 0.519 bits per heavy atom. The summed E-state index contributed by atoms with van der Waals surface area (Å²) in [4.78, 5) is 114. The minimum absolute atomic E-state index is 0.0283. The second-order valence-electron chi connectivity index (χ2n) is 20.3. The van der Waals surface area contributed by atoms with E-state index in [-0.39, 0.29) is 99.9 Å². The van der Waals surface area contributed by atoms with Crippen molar-refractivity contribution in [2.24, 2.45) is 22.9 Å². The summed E-state index contributed by atoms with van der Waals surface area (Å²) in [6.45, 7) is 5.70. The van der Waals surface area contributed by atoms with E-state index in [0.717, 1.165) is 62.7 Å². The van der Waals surface area contributed by atoms with Crippen molar-refractivity contribution in [2.45, 2.75) is 159 Å². The molecule has 3 rings (SSSR count). The average molecular weight is 1100 g/mol. The number of carbonyl (C=O) groups excluding carboxylic acids is 8. The van der Waals surface area contributed by atoms with Crippen LogP contribution in [-0.4, -0.2) is 193 Å². The Kier molecular flexibility index (Phi) is 34.6. The molecule has 436 valence electrons. The van der Waals surface area contributed by atoms with E-state index in [1.807, 2.05) is 49.0 Å². The first kappa shape index (κ1) is 66.3. The minimum atomic E-state index is -0.426. The molecule has 1 aromatic carbocycles. The fraction of sp³-hybridized carbons (Fsp3) is 0.745. The van der Waals surface area contributed by atoms with Gasteiger partial charge < -0.3 is 68.7 Å². The molecule has 9 amide bonds. The van der Waals surface area contributed by atoms with Crippen LogP contribution in [0, 0.1) is 0 Å². The Balaban J connectivity index is 1.47. The normalized spacial score (nSPS) is 15.5. The maximum Gasteiger partial charge on any atom is 0.315 e. The topological polar surface area (TPSA) is 305 Å². The zero-order valence-corrected chi connectivity index (χ0v) is 47.3. The largest absolute Gasteiger partial charge is 0.356 e. The third-order valence-electron chi connectivity index (χ3n) is 14.1. The van der Waals surface area contributed by atoms with E-state index in [9.17, 15) is 38.4 Å². The molecule has 12 N–H and O–H groups in total. The first-order chi connectivity index (χ1) is 37.3.